The number of aliphatic hydroxyl groups is 2. The Hall–Kier alpha value is -2.00. The van der Waals surface area contributed by atoms with Crippen molar-refractivity contribution in [3.63, 3.8) is 0 Å². The Morgan fingerprint density at radius 2 is 1.67 bits per heavy atom. The lowest BCUT2D eigenvalue weighted by Crippen LogP contribution is -2.71. The second kappa shape index (κ2) is 5.82. The number of rotatable bonds is 1. The molecule has 3 rings (SSSR count). The van der Waals surface area contributed by atoms with Crippen molar-refractivity contribution in [1.29, 1.82) is 0 Å². The van der Waals surface area contributed by atoms with E-state index in [9.17, 15) is 19.8 Å². The Kier molecular flexibility index (Phi) is 4.08. The minimum Gasteiger partial charge on any atom is -0.434 e. The lowest BCUT2D eigenvalue weighted by molar-refractivity contribution is -0.380. The molecule has 0 saturated carbocycles. The van der Waals surface area contributed by atoms with E-state index >= 15 is 0 Å². The van der Waals surface area contributed by atoms with Gasteiger partial charge in [0.2, 0.25) is 5.72 Å². The van der Waals surface area contributed by atoms with Crippen LogP contribution in [0.3, 0.4) is 0 Å². The Morgan fingerprint density at radius 1 is 1.08 bits per heavy atom. The first-order valence-electron chi connectivity index (χ1n) is 7.54. The molecule has 2 aliphatic heterocycles. The van der Waals surface area contributed by atoms with Crippen molar-refractivity contribution in [1.82, 2.24) is 4.90 Å². The number of carbonyl (C=O) groups excluding carboxylic acids is 2. The second-order valence-electron chi connectivity index (χ2n) is 5.97. The summed E-state index contributed by atoms with van der Waals surface area (Å²) >= 11 is 0. The lowest BCUT2D eigenvalue weighted by atomic mass is 9.91. The first-order chi connectivity index (χ1) is 11.3. The molecule has 130 valence electrons. The summed E-state index contributed by atoms with van der Waals surface area (Å²) in [5.41, 5.74) is -1.08. The van der Waals surface area contributed by atoms with Gasteiger partial charge >= 0.3 is 11.9 Å². The van der Waals surface area contributed by atoms with Gasteiger partial charge in [-0.05, 0) is 14.0 Å². The van der Waals surface area contributed by atoms with Crippen LogP contribution >= 0.6 is 0 Å². The van der Waals surface area contributed by atoms with E-state index in [1.54, 1.807) is 42.3 Å². The van der Waals surface area contributed by atoms with E-state index < -0.39 is 35.7 Å². The quantitative estimate of drug-likeness (QED) is 0.651. The molecule has 0 aromatic heterocycles. The highest BCUT2D eigenvalue weighted by atomic mass is 16.8. The van der Waals surface area contributed by atoms with Gasteiger partial charge in [0.15, 0.2) is 12.2 Å². The molecule has 2 heterocycles. The molecular weight excluding hydrogens is 318 g/mol. The number of likely N-dealkylation sites (N-methyl/N-ethyl adjacent to an activating group) is 1. The van der Waals surface area contributed by atoms with Gasteiger partial charge in [-0.1, -0.05) is 30.3 Å². The van der Waals surface area contributed by atoms with Gasteiger partial charge in [-0.15, -0.1) is 0 Å². The molecule has 0 spiro atoms. The predicted molar refractivity (Wildman–Crippen MR) is 79.3 cm³/mol. The molecule has 1 aromatic rings. The smallest absolute Gasteiger partial charge is 0.341 e. The van der Waals surface area contributed by atoms with Crippen LogP contribution in [0.5, 0.6) is 0 Å². The van der Waals surface area contributed by atoms with E-state index in [1.165, 1.54) is 6.92 Å². The molecule has 24 heavy (non-hydrogen) atoms. The molecule has 0 amide bonds. The van der Waals surface area contributed by atoms with Gasteiger partial charge in [-0.3, -0.25) is 4.90 Å². The third kappa shape index (κ3) is 2.30. The van der Waals surface area contributed by atoms with Crippen LogP contribution in [0.4, 0.5) is 0 Å². The molecule has 2 fully saturated rings. The van der Waals surface area contributed by atoms with E-state index in [-0.39, 0.29) is 6.61 Å². The van der Waals surface area contributed by atoms with E-state index in [2.05, 4.69) is 0 Å². The Bertz CT molecular complexity index is 651. The third-order valence-electron chi connectivity index (χ3n) is 4.55. The summed E-state index contributed by atoms with van der Waals surface area (Å²) in [5.74, 6) is -4.06. The number of carbonyl (C=O) groups is 2. The fourth-order valence-corrected chi connectivity index (χ4v) is 2.98. The maximum absolute atomic E-state index is 12.3. The highest BCUT2D eigenvalue weighted by molar-refractivity contribution is 5.86. The van der Waals surface area contributed by atoms with Gasteiger partial charge in [0, 0.05) is 12.1 Å². The van der Waals surface area contributed by atoms with Crippen molar-refractivity contribution in [3.8, 4) is 0 Å². The van der Waals surface area contributed by atoms with Gasteiger partial charge in [0.1, 0.15) is 0 Å². The second-order valence-corrected chi connectivity index (χ2v) is 5.97. The van der Waals surface area contributed by atoms with Gasteiger partial charge < -0.3 is 24.4 Å². The fraction of sp³-hybridized carbons (Fsp3) is 0.500. The van der Waals surface area contributed by atoms with Gasteiger partial charge in [0.05, 0.1) is 6.61 Å². The molecule has 1 aromatic carbocycles. The first-order valence-corrected chi connectivity index (χ1v) is 7.54. The molecule has 2 aliphatic rings. The lowest BCUT2D eigenvalue weighted by Gasteiger charge is -2.54. The maximum atomic E-state index is 12.3. The van der Waals surface area contributed by atoms with Gasteiger partial charge in [-0.25, -0.2) is 9.59 Å². The van der Waals surface area contributed by atoms with Crippen molar-refractivity contribution >= 4 is 11.9 Å². The van der Waals surface area contributed by atoms with Crippen molar-refractivity contribution in [2.24, 2.45) is 0 Å². The minimum absolute atomic E-state index is 0.213. The normalized spacial score (nSPS) is 37.7. The Balaban J connectivity index is 2.19. The fourth-order valence-electron chi connectivity index (χ4n) is 2.98. The number of fused-ring (bicyclic) bond motifs is 1. The van der Waals surface area contributed by atoms with Crippen LogP contribution in [0.25, 0.3) is 0 Å². The molecular formula is C16H19NO7. The molecule has 8 nitrogen and oxygen atoms in total. The summed E-state index contributed by atoms with van der Waals surface area (Å²) in [4.78, 5) is 26.1. The summed E-state index contributed by atoms with van der Waals surface area (Å²) in [5, 5.41) is 19.6. The number of aliphatic hydroxyl groups excluding tert-OH is 2. The molecule has 4 unspecified atom stereocenters. The average Bonchev–Trinajstić information content (AvgIpc) is 2.58. The van der Waals surface area contributed by atoms with Crippen LogP contribution in [-0.4, -0.2) is 65.2 Å². The van der Waals surface area contributed by atoms with Gasteiger partial charge in [0.25, 0.3) is 5.79 Å². The molecule has 0 aliphatic carbocycles. The van der Waals surface area contributed by atoms with Crippen LogP contribution in [0.15, 0.2) is 30.3 Å². The van der Waals surface area contributed by atoms with Crippen molar-refractivity contribution in [2.45, 2.75) is 30.6 Å². The summed E-state index contributed by atoms with van der Waals surface area (Å²) in [6, 6.07) is 8.57. The average molecular weight is 337 g/mol. The number of benzene rings is 1. The highest BCUT2D eigenvalue weighted by Gasteiger charge is 2.64. The number of nitrogens with zero attached hydrogens (tertiary/aromatic N) is 1. The Morgan fingerprint density at radius 3 is 2.29 bits per heavy atom. The van der Waals surface area contributed by atoms with Gasteiger partial charge in [-0.2, -0.15) is 0 Å². The third-order valence-corrected chi connectivity index (χ3v) is 4.55. The molecule has 0 radical (unpaired) electrons. The van der Waals surface area contributed by atoms with E-state index in [0.717, 1.165) is 0 Å². The first kappa shape index (κ1) is 16.8. The molecule has 2 N–H and O–H groups in total. The monoisotopic (exact) mass is 337 g/mol. The van der Waals surface area contributed by atoms with Crippen LogP contribution in [0, 0.1) is 0 Å². The zero-order valence-electron chi connectivity index (χ0n) is 13.3. The van der Waals surface area contributed by atoms with Crippen LogP contribution in [-0.2, 0) is 29.6 Å². The molecule has 8 heteroatoms. The Labute approximate surface area is 138 Å². The molecule has 4 atom stereocenters. The van der Waals surface area contributed by atoms with E-state index in [0.29, 0.717) is 12.1 Å². The number of morpholine rings is 1. The SMILES string of the molecule is CN1CCOC2(c3ccccc3)OC(=O)C(O)C(O)C(=O)OC12C. The number of esters is 2. The minimum atomic E-state index is -2.06. The van der Waals surface area contributed by atoms with Crippen LogP contribution in [0.1, 0.15) is 12.5 Å². The summed E-state index contributed by atoms with van der Waals surface area (Å²) in [6.45, 7) is 2.16. The molecule has 0 bridgehead atoms. The number of ether oxygens (including phenoxy) is 3. The van der Waals surface area contributed by atoms with Crippen LogP contribution < -0.4 is 0 Å². The summed E-state index contributed by atoms with van der Waals surface area (Å²) < 4.78 is 16.8. The summed E-state index contributed by atoms with van der Waals surface area (Å²) in [6.07, 6.45) is -4.09. The zero-order chi connectivity index (χ0) is 17.5. The van der Waals surface area contributed by atoms with Crippen molar-refractivity contribution in [2.75, 3.05) is 20.2 Å². The molecule has 2 saturated heterocycles. The van der Waals surface area contributed by atoms with E-state index in [4.69, 9.17) is 14.2 Å². The van der Waals surface area contributed by atoms with Crippen molar-refractivity contribution < 1.29 is 34.0 Å². The topological polar surface area (TPSA) is 106 Å². The number of hydrogen-bond donors (Lipinski definition) is 2. The predicted octanol–water partition coefficient (Wildman–Crippen LogP) is -0.661. The summed E-state index contributed by atoms with van der Waals surface area (Å²) in [7, 11) is 1.69. The zero-order valence-corrected chi connectivity index (χ0v) is 13.3. The van der Waals surface area contributed by atoms with E-state index in [1.807, 2.05) is 0 Å². The standard InChI is InChI=1S/C16H19NO7/c1-15-16(22-9-8-17(15)2,10-6-4-3-5-7-10)24-14(21)12(19)11(18)13(20)23-15/h3-7,11-12,18-19H,8-9H2,1-2H3. The number of hydrogen-bond acceptors (Lipinski definition) is 8. The highest BCUT2D eigenvalue weighted by Crippen LogP contribution is 2.46. The van der Waals surface area contributed by atoms with Crippen LogP contribution in [0.2, 0.25) is 0 Å². The maximum Gasteiger partial charge on any atom is 0.341 e. The van der Waals surface area contributed by atoms with Crippen molar-refractivity contribution in [3.05, 3.63) is 35.9 Å². The largest absolute Gasteiger partial charge is 0.434 e.